The Hall–Kier alpha value is -2.90. The number of hydrogen-bond acceptors (Lipinski definition) is 4. The molecule has 1 saturated carbocycles. The highest BCUT2D eigenvalue weighted by Crippen LogP contribution is 2.35. The van der Waals surface area contributed by atoms with Gasteiger partial charge in [0.05, 0.1) is 0 Å². The van der Waals surface area contributed by atoms with E-state index < -0.39 is 11.6 Å². The van der Waals surface area contributed by atoms with Crippen molar-refractivity contribution in [3.05, 3.63) is 35.9 Å². The van der Waals surface area contributed by atoms with Crippen LogP contribution in [-0.2, 0) is 20.8 Å². The third-order valence-corrected chi connectivity index (χ3v) is 6.82. The fourth-order valence-corrected chi connectivity index (χ4v) is 5.07. The van der Waals surface area contributed by atoms with Crippen molar-refractivity contribution in [2.45, 2.75) is 69.4 Å². The zero-order chi connectivity index (χ0) is 22.6. The van der Waals surface area contributed by atoms with Crippen LogP contribution in [0.5, 0.6) is 0 Å². The molecule has 0 bridgehead atoms. The second-order valence-corrected chi connectivity index (χ2v) is 9.12. The van der Waals surface area contributed by atoms with Gasteiger partial charge in [0.1, 0.15) is 11.6 Å². The van der Waals surface area contributed by atoms with Gasteiger partial charge < -0.3 is 15.5 Å². The first-order valence-corrected chi connectivity index (χ1v) is 11.7. The summed E-state index contributed by atoms with van der Waals surface area (Å²) in [6.07, 6.45) is 6.21. The average molecular weight is 441 g/mol. The summed E-state index contributed by atoms with van der Waals surface area (Å²) in [5, 5.41) is 5.76. The molecule has 172 valence electrons. The fourth-order valence-electron chi connectivity index (χ4n) is 5.07. The fraction of sp³-hybridized carbons (Fsp3) is 0.583. The van der Waals surface area contributed by atoms with Gasteiger partial charge in [0.25, 0.3) is 5.91 Å². The summed E-state index contributed by atoms with van der Waals surface area (Å²) < 4.78 is 0. The Morgan fingerprint density at radius 2 is 1.72 bits per heavy atom. The van der Waals surface area contributed by atoms with E-state index in [1.54, 1.807) is 0 Å². The van der Waals surface area contributed by atoms with Crippen molar-refractivity contribution in [2.24, 2.45) is 0 Å². The number of nitrogens with one attached hydrogen (secondary N) is 2. The largest absolute Gasteiger partial charge is 0.344 e. The third-order valence-electron chi connectivity index (χ3n) is 6.82. The summed E-state index contributed by atoms with van der Waals surface area (Å²) in [5.41, 5.74) is 0.272. The molecule has 1 aliphatic carbocycles. The average Bonchev–Trinajstić information content (AvgIpc) is 3.53. The number of likely N-dealkylation sites (tertiary alicyclic amines) is 1. The lowest BCUT2D eigenvalue weighted by molar-refractivity contribution is -0.135. The predicted molar refractivity (Wildman–Crippen MR) is 119 cm³/mol. The summed E-state index contributed by atoms with van der Waals surface area (Å²) in [4.78, 5) is 53.7. The number of imide groups is 1. The number of urea groups is 1. The van der Waals surface area contributed by atoms with Gasteiger partial charge >= 0.3 is 6.03 Å². The Morgan fingerprint density at radius 1 is 1.03 bits per heavy atom. The first-order chi connectivity index (χ1) is 15.5. The van der Waals surface area contributed by atoms with Crippen LogP contribution >= 0.6 is 0 Å². The van der Waals surface area contributed by atoms with Gasteiger partial charge in [0, 0.05) is 32.5 Å². The van der Waals surface area contributed by atoms with Crippen molar-refractivity contribution in [1.82, 2.24) is 20.4 Å². The van der Waals surface area contributed by atoms with E-state index in [0.717, 1.165) is 44.3 Å². The minimum atomic E-state index is -0.720. The molecule has 3 fully saturated rings. The van der Waals surface area contributed by atoms with Crippen LogP contribution < -0.4 is 10.6 Å². The number of rotatable bonds is 8. The van der Waals surface area contributed by atoms with E-state index in [0.29, 0.717) is 25.7 Å². The van der Waals surface area contributed by atoms with Gasteiger partial charge in [-0.3, -0.25) is 19.3 Å². The van der Waals surface area contributed by atoms with E-state index in [-0.39, 0.29) is 36.7 Å². The summed E-state index contributed by atoms with van der Waals surface area (Å²) in [6, 6.07) is 8.70. The molecule has 2 saturated heterocycles. The Morgan fingerprint density at radius 3 is 2.41 bits per heavy atom. The van der Waals surface area contributed by atoms with Crippen LogP contribution in [-0.4, -0.2) is 64.8 Å². The van der Waals surface area contributed by atoms with Crippen molar-refractivity contribution in [1.29, 1.82) is 0 Å². The van der Waals surface area contributed by atoms with Gasteiger partial charge in [0.2, 0.25) is 11.8 Å². The molecule has 5 amide bonds. The molecule has 2 heterocycles. The maximum Gasteiger partial charge on any atom is 0.325 e. The van der Waals surface area contributed by atoms with Crippen molar-refractivity contribution in [3.63, 3.8) is 0 Å². The van der Waals surface area contributed by atoms with Gasteiger partial charge in [-0.1, -0.05) is 43.2 Å². The predicted octanol–water partition coefficient (Wildman–Crippen LogP) is 1.98. The van der Waals surface area contributed by atoms with Crippen molar-refractivity contribution < 1.29 is 19.2 Å². The highest BCUT2D eigenvalue weighted by atomic mass is 16.2. The minimum absolute atomic E-state index is 0.0445. The summed E-state index contributed by atoms with van der Waals surface area (Å²) in [5.74, 6) is -0.440. The van der Waals surface area contributed by atoms with E-state index in [4.69, 9.17) is 0 Å². The normalized spacial score (nSPS) is 20.6. The van der Waals surface area contributed by atoms with E-state index in [1.165, 1.54) is 4.90 Å². The quantitative estimate of drug-likeness (QED) is 0.604. The number of carbonyl (C=O) groups is 4. The molecule has 4 rings (SSSR count). The molecule has 2 N–H and O–H groups in total. The second kappa shape index (κ2) is 9.71. The Kier molecular flexibility index (Phi) is 6.77. The maximum atomic E-state index is 13.0. The monoisotopic (exact) mass is 440 g/mol. The molecule has 2 aliphatic heterocycles. The van der Waals surface area contributed by atoms with E-state index in [2.05, 4.69) is 10.6 Å². The van der Waals surface area contributed by atoms with Crippen LogP contribution in [0.25, 0.3) is 0 Å². The number of nitrogens with zero attached hydrogens (tertiary/aromatic N) is 2. The molecule has 8 nitrogen and oxygen atoms in total. The van der Waals surface area contributed by atoms with Crippen LogP contribution in [0.15, 0.2) is 30.3 Å². The third kappa shape index (κ3) is 4.79. The van der Waals surface area contributed by atoms with E-state index in [1.807, 2.05) is 35.2 Å². The van der Waals surface area contributed by atoms with Crippen molar-refractivity contribution in [2.75, 3.05) is 19.6 Å². The van der Waals surface area contributed by atoms with Gasteiger partial charge in [0.15, 0.2) is 0 Å². The lowest BCUT2D eigenvalue weighted by atomic mass is 9.98. The molecule has 1 aromatic rings. The van der Waals surface area contributed by atoms with Crippen LogP contribution in [0.2, 0.25) is 0 Å². The van der Waals surface area contributed by atoms with Crippen molar-refractivity contribution in [3.8, 4) is 0 Å². The maximum absolute atomic E-state index is 13.0. The minimum Gasteiger partial charge on any atom is -0.344 e. The topological polar surface area (TPSA) is 98.8 Å². The number of hydrogen-bond donors (Lipinski definition) is 2. The molecule has 1 atom stereocenters. The summed E-state index contributed by atoms with van der Waals surface area (Å²) in [6.45, 7) is 1.67. The first kappa shape index (κ1) is 22.3. The van der Waals surface area contributed by atoms with Crippen molar-refractivity contribution >= 4 is 23.8 Å². The lowest BCUT2D eigenvalue weighted by Crippen LogP contribution is -2.49. The molecule has 3 aliphatic rings. The van der Waals surface area contributed by atoms with Gasteiger partial charge in [-0.15, -0.1) is 0 Å². The van der Waals surface area contributed by atoms with E-state index in [9.17, 15) is 19.2 Å². The Balaban J connectivity index is 1.31. The first-order valence-electron chi connectivity index (χ1n) is 11.7. The molecule has 1 unspecified atom stereocenters. The second-order valence-electron chi connectivity index (χ2n) is 9.12. The molecule has 1 spiro atoms. The SMILES string of the molecule is O=C(CCCN1C(=O)NC2(CCCC2)C1=O)NC(Cc1ccccc1)C(=O)N1CCCC1. The molecular formula is C24H32N4O4. The van der Waals surface area contributed by atoms with Gasteiger partial charge in [-0.25, -0.2) is 4.79 Å². The molecule has 0 radical (unpaired) electrons. The van der Waals surface area contributed by atoms with Crippen LogP contribution in [0.3, 0.4) is 0 Å². The summed E-state index contributed by atoms with van der Waals surface area (Å²) in [7, 11) is 0. The smallest absolute Gasteiger partial charge is 0.325 e. The zero-order valence-electron chi connectivity index (χ0n) is 18.5. The molecule has 32 heavy (non-hydrogen) atoms. The molecule has 1 aromatic carbocycles. The van der Waals surface area contributed by atoms with Crippen LogP contribution in [0.1, 0.15) is 56.9 Å². The molecule has 8 heteroatoms. The number of benzene rings is 1. The lowest BCUT2D eigenvalue weighted by Gasteiger charge is -2.24. The standard InChI is InChI=1S/C24H32N4O4/c29-20(11-8-16-28-22(31)24(26-23(28)32)12-4-5-13-24)25-19(17-18-9-2-1-3-10-18)21(30)27-14-6-7-15-27/h1-3,9-10,19H,4-8,11-17H2,(H,25,29)(H,26,32). The van der Waals surface area contributed by atoms with Crippen LogP contribution in [0.4, 0.5) is 4.79 Å². The highest BCUT2D eigenvalue weighted by Gasteiger charge is 2.52. The summed E-state index contributed by atoms with van der Waals surface area (Å²) >= 11 is 0. The Bertz CT molecular complexity index is 860. The number of amides is 5. The highest BCUT2D eigenvalue weighted by molar-refractivity contribution is 6.07. The van der Waals surface area contributed by atoms with Gasteiger partial charge in [-0.2, -0.15) is 0 Å². The number of carbonyl (C=O) groups excluding carboxylic acids is 4. The van der Waals surface area contributed by atoms with Gasteiger partial charge in [-0.05, 0) is 37.7 Å². The van der Waals surface area contributed by atoms with Crippen LogP contribution in [0, 0.1) is 0 Å². The molecule has 0 aromatic heterocycles. The Labute approximate surface area is 188 Å². The van der Waals surface area contributed by atoms with E-state index >= 15 is 0 Å². The molecular weight excluding hydrogens is 408 g/mol. The zero-order valence-corrected chi connectivity index (χ0v) is 18.5.